The van der Waals surface area contributed by atoms with Crippen LogP contribution in [-0.4, -0.2) is 18.6 Å². The summed E-state index contributed by atoms with van der Waals surface area (Å²) in [7, 11) is 1.59. The van der Waals surface area contributed by atoms with Crippen LogP contribution in [0.1, 0.15) is 25.8 Å². The fraction of sp³-hybridized carbons (Fsp3) is 0.462. The average molecular weight is 315 g/mol. The first kappa shape index (κ1) is 15.0. The summed E-state index contributed by atoms with van der Waals surface area (Å²) in [6.07, 6.45) is 0.281. The third-order valence-corrected chi connectivity index (χ3v) is 3.42. The lowest BCUT2D eigenvalue weighted by molar-refractivity contribution is -0.121. The standard InChI is InChI=1S/C13H19BrN2O2/c1-8-5-9(14)11(6-10(8)15)16-12(17)7-13(2,3)18-4/h5-6H,7,15H2,1-4H3,(H,16,17). The molecule has 100 valence electrons. The number of carbonyl (C=O) groups excluding carboxylic acids is 1. The van der Waals surface area contributed by atoms with Gasteiger partial charge in [0.15, 0.2) is 0 Å². The van der Waals surface area contributed by atoms with Gasteiger partial charge in [-0.25, -0.2) is 0 Å². The number of rotatable bonds is 4. The van der Waals surface area contributed by atoms with Crippen molar-refractivity contribution in [2.75, 3.05) is 18.2 Å². The lowest BCUT2D eigenvalue weighted by Crippen LogP contribution is -2.29. The number of halogens is 1. The monoisotopic (exact) mass is 314 g/mol. The van der Waals surface area contributed by atoms with Crippen LogP contribution in [0.15, 0.2) is 16.6 Å². The Morgan fingerprint density at radius 3 is 2.67 bits per heavy atom. The zero-order chi connectivity index (χ0) is 13.9. The number of nitrogens with two attached hydrogens (primary N) is 1. The highest BCUT2D eigenvalue weighted by Crippen LogP contribution is 2.28. The molecule has 18 heavy (non-hydrogen) atoms. The Balaban J connectivity index is 2.80. The average Bonchev–Trinajstić information content (AvgIpc) is 2.25. The largest absolute Gasteiger partial charge is 0.398 e. The Hall–Kier alpha value is -1.07. The minimum Gasteiger partial charge on any atom is -0.398 e. The molecule has 0 fully saturated rings. The van der Waals surface area contributed by atoms with Crippen molar-refractivity contribution < 1.29 is 9.53 Å². The van der Waals surface area contributed by atoms with Gasteiger partial charge in [-0.15, -0.1) is 0 Å². The maximum atomic E-state index is 11.9. The van der Waals surface area contributed by atoms with Crippen LogP contribution in [0.2, 0.25) is 0 Å². The van der Waals surface area contributed by atoms with Crippen LogP contribution >= 0.6 is 15.9 Å². The van der Waals surface area contributed by atoms with E-state index in [-0.39, 0.29) is 12.3 Å². The van der Waals surface area contributed by atoms with Gasteiger partial charge in [-0.1, -0.05) is 0 Å². The number of hydrogen-bond acceptors (Lipinski definition) is 3. The van der Waals surface area contributed by atoms with E-state index in [0.29, 0.717) is 11.4 Å². The molecule has 3 N–H and O–H groups in total. The van der Waals surface area contributed by atoms with Gasteiger partial charge in [0, 0.05) is 17.3 Å². The number of hydrogen-bond donors (Lipinski definition) is 2. The van der Waals surface area contributed by atoms with Gasteiger partial charge in [0.05, 0.1) is 17.7 Å². The fourth-order valence-corrected chi connectivity index (χ4v) is 2.00. The molecule has 1 aromatic carbocycles. The molecular formula is C13H19BrN2O2. The Bertz CT molecular complexity index is 459. The number of aryl methyl sites for hydroxylation is 1. The van der Waals surface area contributed by atoms with Crippen LogP contribution in [-0.2, 0) is 9.53 Å². The van der Waals surface area contributed by atoms with Gasteiger partial charge < -0.3 is 15.8 Å². The second-order valence-electron chi connectivity index (χ2n) is 4.88. The summed E-state index contributed by atoms with van der Waals surface area (Å²) in [5, 5.41) is 2.82. The molecule has 0 radical (unpaired) electrons. The van der Waals surface area contributed by atoms with E-state index in [1.54, 1.807) is 13.2 Å². The van der Waals surface area contributed by atoms with Gasteiger partial charge >= 0.3 is 0 Å². The van der Waals surface area contributed by atoms with E-state index in [4.69, 9.17) is 10.5 Å². The van der Waals surface area contributed by atoms with Gasteiger partial charge in [-0.05, 0) is 54.4 Å². The Labute approximate surface area is 116 Å². The molecule has 1 amide bonds. The van der Waals surface area contributed by atoms with E-state index < -0.39 is 5.60 Å². The number of carbonyl (C=O) groups is 1. The third-order valence-electron chi connectivity index (χ3n) is 2.77. The van der Waals surface area contributed by atoms with Crippen molar-refractivity contribution in [2.24, 2.45) is 0 Å². The second kappa shape index (κ2) is 5.71. The van der Waals surface area contributed by atoms with Crippen LogP contribution in [0.3, 0.4) is 0 Å². The van der Waals surface area contributed by atoms with Crippen molar-refractivity contribution in [2.45, 2.75) is 32.8 Å². The Morgan fingerprint density at radius 2 is 2.11 bits per heavy atom. The van der Waals surface area contributed by atoms with E-state index in [2.05, 4.69) is 21.2 Å². The maximum Gasteiger partial charge on any atom is 0.227 e. The number of nitrogens with one attached hydrogen (secondary N) is 1. The number of amides is 1. The topological polar surface area (TPSA) is 64.3 Å². The van der Waals surface area contributed by atoms with Gasteiger partial charge in [0.2, 0.25) is 5.91 Å². The van der Waals surface area contributed by atoms with Gasteiger partial charge in [0.25, 0.3) is 0 Å². The first-order valence-corrected chi connectivity index (χ1v) is 6.45. The van der Waals surface area contributed by atoms with Crippen molar-refractivity contribution in [3.05, 3.63) is 22.2 Å². The van der Waals surface area contributed by atoms with Crippen molar-refractivity contribution in [1.82, 2.24) is 0 Å². The molecule has 0 heterocycles. The molecular weight excluding hydrogens is 296 g/mol. The smallest absolute Gasteiger partial charge is 0.227 e. The number of anilines is 2. The summed E-state index contributed by atoms with van der Waals surface area (Å²) in [6.45, 7) is 5.65. The van der Waals surface area contributed by atoms with Crippen LogP contribution in [0, 0.1) is 6.92 Å². The highest BCUT2D eigenvalue weighted by Gasteiger charge is 2.21. The second-order valence-corrected chi connectivity index (χ2v) is 5.73. The lowest BCUT2D eigenvalue weighted by Gasteiger charge is -2.22. The van der Waals surface area contributed by atoms with Crippen molar-refractivity contribution in [3.63, 3.8) is 0 Å². The molecule has 0 aliphatic heterocycles. The number of nitrogen functional groups attached to an aromatic ring is 1. The summed E-state index contributed by atoms with van der Waals surface area (Å²) >= 11 is 3.40. The number of ether oxygens (including phenoxy) is 1. The highest BCUT2D eigenvalue weighted by molar-refractivity contribution is 9.10. The molecule has 0 spiro atoms. The van der Waals surface area contributed by atoms with Crippen molar-refractivity contribution in [1.29, 1.82) is 0 Å². The summed E-state index contributed by atoms with van der Waals surface area (Å²) in [4.78, 5) is 11.9. The zero-order valence-electron chi connectivity index (χ0n) is 11.1. The first-order valence-electron chi connectivity index (χ1n) is 5.66. The van der Waals surface area contributed by atoms with Gasteiger partial charge in [-0.2, -0.15) is 0 Å². The Kier molecular flexibility index (Phi) is 4.76. The maximum absolute atomic E-state index is 11.9. The molecule has 0 aliphatic rings. The minimum atomic E-state index is -0.479. The molecule has 0 aromatic heterocycles. The molecule has 1 aromatic rings. The summed E-state index contributed by atoms with van der Waals surface area (Å²) < 4.78 is 6.04. The number of methoxy groups -OCH3 is 1. The van der Waals surface area contributed by atoms with Crippen molar-refractivity contribution >= 4 is 33.2 Å². The molecule has 0 saturated carbocycles. The van der Waals surface area contributed by atoms with Crippen LogP contribution in [0.4, 0.5) is 11.4 Å². The predicted octanol–water partition coefficient (Wildman–Crippen LogP) is 3.09. The molecule has 0 atom stereocenters. The third kappa shape index (κ3) is 3.99. The van der Waals surface area contributed by atoms with Crippen LogP contribution in [0.5, 0.6) is 0 Å². The van der Waals surface area contributed by atoms with E-state index >= 15 is 0 Å². The molecule has 0 saturated heterocycles. The van der Waals surface area contributed by atoms with Crippen LogP contribution < -0.4 is 11.1 Å². The van der Waals surface area contributed by atoms with Crippen LogP contribution in [0.25, 0.3) is 0 Å². The molecule has 0 aliphatic carbocycles. The van der Waals surface area contributed by atoms with E-state index in [0.717, 1.165) is 10.0 Å². The minimum absolute atomic E-state index is 0.106. The van der Waals surface area contributed by atoms with E-state index in [1.807, 2.05) is 26.8 Å². The lowest BCUT2D eigenvalue weighted by atomic mass is 10.0. The van der Waals surface area contributed by atoms with Crippen molar-refractivity contribution in [3.8, 4) is 0 Å². The normalized spacial score (nSPS) is 11.4. The van der Waals surface area contributed by atoms with Gasteiger partial charge in [0.1, 0.15) is 0 Å². The fourth-order valence-electron chi connectivity index (χ4n) is 1.44. The molecule has 0 unspecified atom stereocenters. The molecule has 1 rings (SSSR count). The Morgan fingerprint density at radius 1 is 1.50 bits per heavy atom. The molecule has 4 nitrogen and oxygen atoms in total. The molecule has 0 bridgehead atoms. The SMILES string of the molecule is COC(C)(C)CC(=O)Nc1cc(N)c(C)cc1Br. The van der Waals surface area contributed by atoms with E-state index in [1.165, 1.54) is 0 Å². The van der Waals surface area contributed by atoms with Gasteiger partial charge in [-0.3, -0.25) is 4.79 Å². The summed E-state index contributed by atoms with van der Waals surface area (Å²) in [5.41, 5.74) is 7.64. The zero-order valence-corrected chi connectivity index (χ0v) is 12.7. The predicted molar refractivity (Wildman–Crippen MR) is 77.6 cm³/mol. The van der Waals surface area contributed by atoms with E-state index in [9.17, 15) is 4.79 Å². The first-order chi connectivity index (χ1) is 8.25. The highest BCUT2D eigenvalue weighted by atomic mass is 79.9. The summed E-state index contributed by atoms with van der Waals surface area (Å²) in [6, 6.07) is 3.63. The molecule has 5 heteroatoms. The quantitative estimate of drug-likeness (QED) is 0.839. The summed E-state index contributed by atoms with van der Waals surface area (Å²) in [5.74, 6) is -0.106. The number of benzene rings is 1.